The predicted molar refractivity (Wildman–Crippen MR) is 103 cm³/mol. The molecule has 0 unspecified atom stereocenters. The van der Waals surface area contributed by atoms with Crippen molar-refractivity contribution in [3.63, 3.8) is 0 Å². The van der Waals surface area contributed by atoms with Gasteiger partial charge in [0, 0.05) is 18.8 Å². The minimum Gasteiger partial charge on any atom is -0.351 e. The van der Waals surface area contributed by atoms with Crippen LogP contribution in [0.2, 0.25) is 0 Å². The lowest BCUT2D eigenvalue weighted by Gasteiger charge is -2.34. The van der Waals surface area contributed by atoms with Crippen LogP contribution in [0.15, 0.2) is 23.4 Å². The summed E-state index contributed by atoms with van der Waals surface area (Å²) in [6, 6.07) is 4.12. The van der Waals surface area contributed by atoms with Crippen molar-refractivity contribution in [3.8, 4) is 0 Å². The van der Waals surface area contributed by atoms with Crippen molar-refractivity contribution >= 4 is 23.2 Å². The van der Waals surface area contributed by atoms with Crippen LogP contribution in [0.5, 0.6) is 0 Å². The Morgan fingerprint density at radius 2 is 1.67 bits per heavy atom. The Morgan fingerprint density at radius 1 is 1.08 bits per heavy atom. The number of carbonyl (C=O) groups excluding carboxylic acids is 1. The summed E-state index contributed by atoms with van der Waals surface area (Å²) in [4.78, 5) is 14.9. The zero-order chi connectivity index (χ0) is 18.0. The highest BCUT2D eigenvalue weighted by Gasteiger charge is 2.32. The fourth-order valence-electron chi connectivity index (χ4n) is 3.19. The number of nitrogens with zero attached hydrogens (tertiary/aromatic N) is 1. The van der Waals surface area contributed by atoms with Crippen molar-refractivity contribution in [2.45, 2.75) is 47.6 Å². The first-order valence-corrected chi connectivity index (χ1v) is 8.86. The van der Waals surface area contributed by atoms with E-state index in [4.69, 9.17) is 12.2 Å². The Kier molecular flexibility index (Phi) is 5.65. The maximum Gasteiger partial charge on any atom is 0.253 e. The van der Waals surface area contributed by atoms with Crippen molar-refractivity contribution in [1.82, 2.24) is 15.5 Å². The number of thiocarbonyl (C=S) groups is 1. The molecule has 130 valence electrons. The molecule has 0 spiro atoms. The number of aryl methyl sites for hydroxylation is 3. The van der Waals surface area contributed by atoms with E-state index in [0.29, 0.717) is 18.2 Å². The lowest BCUT2D eigenvalue weighted by atomic mass is 9.89. The van der Waals surface area contributed by atoms with Gasteiger partial charge in [0.15, 0.2) is 5.11 Å². The van der Waals surface area contributed by atoms with Crippen LogP contribution >= 0.6 is 12.2 Å². The van der Waals surface area contributed by atoms with Crippen molar-refractivity contribution in [2.75, 3.05) is 13.1 Å². The smallest absolute Gasteiger partial charge is 0.253 e. The third kappa shape index (κ3) is 3.46. The van der Waals surface area contributed by atoms with Crippen LogP contribution < -0.4 is 10.6 Å². The average Bonchev–Trinajstić information content (AvgIpc) is 2.51. The Morgan fingerprint density at radius 3 is 2.25 bits per heavy atom. The van der Waals surface area contributed by atoms with Gasteiger partial charge < -0.3 is 15.5 Å². The maximum absolute atomic E-state index is 13.1. The van der Waals surface area contributed by atoms with Crippen LogP contribution in [0.4, 0.5) is 0 Å². The summed E-state index contributed by atoms with van der Waals surface area (Å²) < 4.78 is 0. The highest BCUT2D eigenvalue weighted by atomic mass is 32.1. The normalized spacial score (nSPS) is 17.4. The average molecular weight is 346 g/mol. The molecule has 0 bridgehead atoms. The summed E-state index contributed by atoms with van der Waals surface area (Å²) in [5.41, 5.74) is 6.32. The Labute approximate surface area is 150 Å². The quantitative estimate of drug-likeness (QED) is 0.822. The minimum atomic E-state index is -0.217. The lowest BCUT2D eigenvalue weighted by Crippen LogP contribution is -2.47. The van der Waals surface area contributed by atoms with E-state index in [0.717, 1.165) is 22.4 Å². The van der Waals surface area contributed by atoms with Gasteiger partial charge in [-0.2, -0.15) is 0 Å². The molecule has 1 aliphatic rings. The van der Waals surface area contributed by atoms with Gasteiger partial charge in [0.2, 0.25) is 0 Å². The van der Waals surface area contributed by atoms with Gasteiger partial charge in [-0.25, -0.2) is 0 Å². The van der Waals surface area contributed by atoms with Gasteiger partial charge in [0.1, 0.15) is 0 Å². The molecule has 0 saturated carbocycles. The molecule has 2 N–H and O–H groups in total. The van der Waals surface area contributed by atoms with E-state index in [-0.39, 0.29) is 11.9 Å². The van der Waals surface area contributed by atoms with Crippen LogP contribution in [0.3, 0.4) is 0 Å². The van der Waals surface area contributed by atoms with Gasteiger partial charge in [-0.1, -0.05) is 12.1 Å². The summed E-state index contributed by atoms with van der Waals surface area (Å²) in [6.07, 6.45) is 0. The SMILES string of the molecule is CCN(CC)C(=O)C1=C(C)NC(=S)N[C@H]1c1cc(C)c(C)cc1C. The zero-order valence-corrected chi connectivity index (χ0v) is 16.2. The van der Waals surface area contributed by atoms with E-state index in [1.807, 2.05) is 25.7 Å². The number of benzene rings is 1. The number of rotatable bonds is 4. The largest absolute Gasteiger partial charge is 0.351 e. The Bertz CT molecular complexity index is 705. The molecule has 1 amide bonds. The van der Waals surface area contributed by atoms with E-state index in [1.54, 1.807) is 0 Å². The molecule has 1 atom stereocenters. The molecule has 0 saturated heterocycles. The lowest BCUT2D eigenvalue weighted by molar-refractivity contribution is -0.127. The molecule has 0 aliphatic carbocycles. The van der Waals surface area contributed by atoms with Crippen LogP contribution in [0.25, 0.3) is 0 Å². The fraction of sp³-hybridized carbons (Fsp3) is 0.474. The number of hydrogen-bond donors (Lipinski definition) is 2. The van der Waals surface area contributed by atoms with Crippen LogP contribution in [0.1, 0.15) is 49.1 Å². The van der Waals surface area contributed by atoms with Crippen molar-refractivity contribution in [1.29, 1.82) is 0 Å². The molecule has 24 heavy (non-hydrogen) atoms. The van der Waals surface area contributed by atoms with E-state index in [9.17, 15) is 4.79 Å². The molecular formula is C19H27N3OS. The number of allylic oxidation sites excluding steroid dienone is 1. The molecule has 0 fully saturated rings. The Balaban J connectivity index is 2.57. The standard InChI is InChI=1S/C19H27N3OS/c1-7-22(8-2)18(23)16-14(6)20-19(24)21-17(16)15-10-12(4)11(3)9-13(15)5/h9-10,17H,7-8H2,1-6H3,(H2,20,21,24)/t17-/m0/s1. The highest BCUT2D eigenvalue weighted by Crippen LogP contribution is 2.31. The molecular weight excluding hydrogens is 318 g/mol. The molecule has 1 aliphatic heterocycles. The number of carbonyl (C=O) groups is 1. The van der Waals surface area contributed by atoms with E-state index < -0.39 is 0 Å². The van der Waals surface area contributed by atoms with Crippen LogP contribution in [-0.4, -0.2) is 29.0 Å². The van der Waals surface area contributed by atoms with E-state index in [2.05, 4.69) is 43.5 Å². The topological polar surface area (TPSA) is 44.4 Å². The molecule has 0 radical (unpaired) electrons. The number of hydrogen-bond acceptors (Lipinski definition) is 2. The second-order valence-electron chi connectivity index (χ2n) is 6.34. The van der Waals surface area contributed by atoms with E-state index in [1.165, 1.54) is 11.1 Å². The van der Waals surface area contributed by atoms with Gasteiger partial charge in [-0.05, 0) is 76.0 Å². The van der Waals surface area contributed by atoms with Gasteiger partial charge >= 0.3 is 0 Å². The summed E-state index contributed by atoms with van der Waals surface area (Å²) >= 11 is 5.34. The van der Waals surface area contributed by atoms with Crippen molar-refractivity contribution < 1.29 is 4.79 Å². The second-order valence-corrected chi connectivity index (χ2v) is 6.75. The van der Waals surface area contributed by atoms with Crippen LogP contribution in [-0.2, 0) is 4.79 Å². The zero-order valence-electron chi connectivity index (χ0n) is 15.4. The van der Waals surface area contributed by atoms with Gasteiger partial charge in [0.05, 0.1) is 11.6 Å². The number of likely N-dealkylation sites (N-methyl/N-ethyl adjacent to an activating group) is 1. The van der Waals surface area contributed by atoms with Crippen molar-refractivity contribution in [2.24, 2.45) is 0 Å². The molecule has 4 nitrogen and oxygen atoms in total. The van der Waals surface area contributed by atoms with Gasteiger partial charge in [-0.3, -0.25) is 4.79 Å². The highest BCUT2D eigenvalue weighted by molar-refractivity contribution is 7.80. The Hall–Kier alpha value is -1.88. The molecule has 1 aromatic rings. The predicted octanol–water partition coefficient (Wildman–Crippen LogP) is 3.27. The molecule has 0 aromatic heterocycles. The van der Waals surface area contributed by atoms with E-state index >= 15 is 0 Å². The van der Waals surface area contributed by atoms with Crippen molar-refractivity contribution in [3.05, 3.63) is 45.7 Å². The van der Waals surface area contributed by atoms with Gasteiger partial charge in [0.25, 0.3) is 5.91 Å². The maximum atomic E-state index is 13.1. The van der Waals surface area contributed by atoms with Crippen LogP contribution in [0, 0.1) is 20.8 Å². The third-order valence-corrected chi connectivity index (χ3v) is 4.96. The fourth-order valence-corrected chi connectivity index (χ4v) is 3.46. The third-order valence-electron chi connectivity index (χ3n) is 4.74. The summed E-state index contributed by atoms with van der Waals surface area (Å²) in [5.74, 6) is 0.0580. The second kappa shape index (κ2) is 7.34. The molecule has 5 heteroatoms. The first kappa shape index (κ1) is 18.5. The monoisotopic (exact) mass is 345 g/mol. The first-order valence-electron chi connectivity index (χ1n) is 8.45. The number of nitrogens with one attached hydrogen (secondary N) is 2. The summed E-state index contributed by atoms with van der Waals surface area (Å²) in [6.45, 7) is 13.6. The molecule has 1 aromatic carbocycles. The molecule has 1 heterocycles. The molecule has 2 rings (SSSR count). The minimum absolute atomic E-state index is 0.0580. The summed E-state index contributed by atoms with van der Waals surface area (Å²) in [7, 11) is 0. The number of amides is 1. The first-order chi connectivity index (χ1) is 11.3. The van der Waals surface area contributed by atoms with Gasteiger partial charge in [-0.15, -0.1) is 0 Å². The summed E-state index contributed by atoms with van der Waals surface area (Å²) in [5, 5.41) is 6.97.